The maximum atomic E-state index is 13.5. The van der Waals surface area contributed by atoms with Crippen LogP contribution in [0.5, 0.6) is 0 Å². The molecule has 4 aromatic carbocycles. The molecule has 30 heavy (non-hydrogen) atoms. The molecule has 0 saturated carbocycles. The highest BCUT2D eigenvalue weighted by molar-refractivity contribution is 6.50. The fourth-order valence-electron chi connectivity index (χ4n) is 3.42. The first-order valence-corrected chi connectivity index (χ1v) is 9.59. The van der Waals surface area contributed by atoms with E-state index in [1.54, 1.807) is 60.7 Å². The van der Waals surface area contributed by atoms with Crippen LogP contribution in [-0.4, -0.2) is 17.3 Å². The Labute approximate surface area is 174 Å². The number of hydrogen-bond donors (Lipinski definition) is 0. The quantitative estimate of drug-likeness (QED) is 0.316. The van der Waals surface area contributed by atoms with Gasteiger partial charge in [0.2, 0.25) is 11.6 Å². The summed E-state index contributed by atoms with van der Waals surface area (Å²) in [5, 5.41) is 0. The smallest absolute Gasteiger partial charge is 0.234 e. The summed E-state index contributed by atoms with van der Waals surface area (Å²) in [5.74, 6) is -1.62. The number of hydrogen-bond acceptors (Lipinski definition) is 3. The monoisotopic (exact) mass is 390 g/mol. The number of benzene rings is 4. The summed E-state index contributed by atoms with van der Waals surface area (Å²) in [5.41, 5.74) is 2.80. The number of carbonyl (C=O) groups is 3. The summed E-state index contributed by atoms with van der Waals surface area (Å²) in [6.07, 6.45) is 0. The number of carbonyl (C=O) groups excluding carboxylic acids is 3. The van der Waals surface area contributed by atoms with Crippen LogP contribution in [-0.2, 0) is 0 Å². The van der Waals surface area contributed by atoms with E-state index in [-0.39, 0.29) is 16.9 Å². The zero-order chi connectivity index (χ0) is 20.9. The van der Waals surface area contributed by atoms with Gasteiger partial charge in [-0.05, 0) is 11.1 Å². The second-order valence-corrected chi connectivity index (χ2v) is 6.81. The Morgan fingerprint density at radius 3 is 1.60 bits per heavy atom. The second-order valence-electron chi connectivity index (χ2n) is 6.81. The van der Waals surface area contributed by atoms with Crippen molar-refractivity contribution in [1.29, 1.82) is 0 Å². The zero-order valence-electron chi connectivity index (χ0n) is 16.1. The predicted molar refractivity (Wildman–Crippen MR) is 117 cm³/mol. The van der Waals surface area contributed by atoms with Crippen LogP contribution in [0.3, 0.4) is 0 Å². The van der Waals surface area contributed by atoms with Gasteiger partial charge in [0, 0.05) is 22.3 Å². The Balaban J connectivity index is 1.76. The van der Waals surface area contributed by atoms with Gasteiger partial charge in [-0.15, -0.1) is 0 Å². The van der Waals surface area contributed by atoms with Crippen molar-refractivity contribution in [2.24, 2.45) is 0 Å². The third-order valence-corrected chi connectivity index (χ3v) is 4.92. The first-order chi connectivity index (χ1) is 14.7. The van der Waals surface area contributed by atoms with Gasteiger partial charge in [-0.1, -0.05) is 109 Å². The molecule has 0 aliphatic carbocycles. The normalized spacial score (nSPS) is 10.4. The van der Waals surface area contributed by atoms with Crippen LogP contribution in [0.15, 0.2) is 109 Å². The maximum Gasteiger partial charge on any atom is 0.234 e. The molecule has 0 aromatic heterocycles. The van der Waals surface area contributed by atoms with Crippen molar-refractivity contribution in [1.82, 2.24) is 0 Å². The summed E-state index contributed by atoms with van der Waals surface area (Å²) in [6.45, 7) is 0. The molecule has 0 atom stereocenters. The van der Waals surface area contributed by atoms with Crippen LogP contribution < -0.4 is 0 Å². The molecule has 0 bridgehead atoms. The van der Waals surface area contributed by atoms with Gasteiger partial charge < -0.3 is 0 Å². The summed E-state index contributed by atoms with van der Waals surface area (Å²) in [6, 6.07) is 31.7. The van der Waals surface area contributed by atoms with E-state index in [4.69, 9.17) is 0 Å². The van der Waals surface area contributed by atoms with E-state index >= 15 is 0 Å². The second kappa shape index (κ2) is 8.50. The van der Waals surface area contributed by atoms with E-state index in [1.807, 2.05) is 42.5 Å². The van der Waals surface area contributed by atoms with E-state index in [1.165, 1.54) is 6.07 Å². The van der Waals surface area contributed by atoms with E-state index < -0.39 is 11.6 Å². The van der Waals surface area contributed by atoms with Crippen LogP contribution in [0.4, 0.5) is 0 Å². The minimum atomic E-state index is -0.692. The molecule has 4 aromatic rings. The van der Waals surface area contributed by atoms with Crippen molar-refractivity contribution in [3.63, 3.8) is 0 Å². The molecule has 144 valence electrons. The van der Waals surface area contributed by atoms with Crippen LogP contribution in [0, 0.1) is 0 Å². The molecule has 0 spiro atoms. The molecule has 0 unspecified atom stereocenters. The molecule has 4 rings (SSSR count). The lowest BCUT2D eigenvalue weighted by molar-refractivity contribution is 0.0815. The fraction of sp³-hybridized carbons (Fsp3) is 0. The molecule has 0 amide bonds. The molecular formula is C27H18O3. The van der Waals surface area contributed by atoms with Gasteiger partial charge in [0.25, 0.3) is 0 Å². The van der Waals surface area contributed by atoms with Gasteiger partial charge in [-0.3, -0.25) is 14.4 Å². The van der Waals surface area contributed by atoms with E-state index in [9.17, 15) is 14.4 Å². The highest BCUT2D eigenvalue weighted by Crippen LogP contribution is 2.27. The molecule has 0 aliphatic heterocycles. The molecule has 0 fully saturated rings. The first-order valence-electron chi connectivity index (χ1n) is 9.59. The van der Waals surface area contributed by atoms with Crippen molar-refractivity contribution in [3.05, 3.63) is 131 Å². The summed E-state index contributed by atoms with van der Waals surface area (Å²) < 4.78 is 0. The largest absolute Gasteiger partial charge is 0.289 e. The van der Waals surface area contributed by atoms with Crippen molar-refractivity contribution in [2.75, 3.05) is 0 Å². The Morgan fingerprint density at radius 1 is 0.433 bits per heavy atom. The van der Waals surface area contributed by atoms with Crippen LogP contribution in [0.25, 0.3) is 11.1 Å². The highest BCUT2D eigenvalue weighted by atomic mass is 16.2. The molecule has 0 heterocycles. The van der Waals surface area contributed by atoms with Crippen molar-refractivity contribution >= 4 is 17.3 Å². The van der Waals surface area contributed by atoms with Gasteiger partial charge in [0.1, 0.15) is 0 Å². The van der Waals surface area contributed by atoms with Crippen LogP contribution in [0.2, 0.25) is 0 Å². The lowest BCUT2D eigenvalue weighted by atomic mass is 9.89. The Hall–Kier alpha value is -4.11. The van der Waals surface area contributed by atoms with E-state index in [2.05, 4.69) is 0 Å². The Morgan fingerprint density at radius 2 is 0.933 bits per heavy atom. The van der Waals surface area contributed by atoms with Crippen molar-refractivity contribution < 1.29 is 14.4 Å². The molecule has 3 nitrogen and oxygen atoms in total. The maximum absolute atomic E-state index is 13.5. The topological polar surface area (TPSA) is 51.2 Å². The van der Waals surface area contributed by atoms with Crippen molar-refractivity contribution in [3.8, 4) is 11.1 Å². The van der Waals surface area contributed by atoms with Gasteiger partial charge in [-0.2, -0.15) is 0 Å². The third-order valence-electron chi connectivity index (χ3n) is 4.92. The molecule has 0 radical (unpaired) electrons. The molecule has 0 N–H and O–H groups in total. The van der Waals surface area contributed by atoms with Gasteiger partial charge in [0.05, 0.1) is 0 Å². The molecule has 0 saturated heterocycles. The molecule has 0 aliphatic rings. The van der Waals surface area contributed by atoms with Gasteiger partial charge >= 0.3 is 0 Å². The number of rotatable bonds is 6. The van der Waals surface area contributed by atoms with Crippen LogP contribution in [0.1, 0.15) is 36.6 Å². The summed E-state index contributed by atoms with van der Waals surface area (Å²) in [4.78, 5) is 39.1. The lowest BCUT2D eigenvalue weighted by Crippen LogP contribution is -2.18. The average Bonchev–Trinajstić information content (AvgIpc) is 2.84. The highest BCUT2D eigenvalue weighted by Gasteiger charge is 2.25. The SMILES string of the molecule is O=C(C(=O)c1ccccc1C(=O)c1ccccc1-c1ccccc1)c1ccccc1. The molecule has 3 heteroatoms. The predicted octanol–water partition coefficient (Wildman–Crippen LogP) is 5.65. The minimum absolute atomic E-state index is 0.110. The van der Waals surface area contributed by atoms with E-state index in [0.717, 1.165) is 11.1 Å². The third kappa shape index (κ3) is 3.74. The summed E-state index contributed by atoms with van der Waals surface area (Å²) in [7, 11) is 0. The average molecular weight is 390 g/mol. The lowest BCUT2D eigenvalue weighted by Gasteiger charge is -2.11. The fourth-order valence-corrected chi connectivity index (χ4v) is 3.42. The number of ketones is 3. The minimum Gasteiger partial charge on any atom is -0.289 e. The standard InChI is InChI=1S/C27H18O3/c28-25(20-13-5-2-6-14-20)27(30)24-18-10-9-17-23(24)26(29)22-16-8-7-15-21(22)19-11-3-1-4-12-19/h1-18H. The Bertz CT molecular complexity index is 1230. The van der Waals surface area contributed by atoms with Crippen molar-refractivity contribution in [2.45, 2.75) is 0 Å². The van der Waals surface area contributed by atoms with Gasteiger partial charge in [0.15, 0.2) is 5.78 Å². The van der Waals surface area contributed by atoms with Gasteiger partial charge in [-0.25, -0.2) is 0 Å². The number of Topliss-reactive ketones (excluding diaryl/α,β-unsaturated/α-hetero) is 2. The molecular weight excluding hydrogens is 372 g/mol. The first kappa shape index (κ1) is 19.2. The van der Waals surface area contributed by atoms with Crippen LogP contribution >= 0.6 is 0 Å². The zero-order valence-corrected chi connectivity index (χ0v) is 16.1. The van der Waals surface area contributed by atoms with E-state index in [0.29, 0.717) is 11.1 Å². The summed E-state index contributed by atoms with van der Waals surface area (Å²) >= 11 is 0. The Kier molecular flexibility index (Phi) is 5.44.